The number of hydrogen-bond donors (Lipinski definition) is 0. The minimum atomic E-state index is -1.74. The first-order valence-electron chi connectivity index (χ1n) is 8.01. The van der Waals surface area contributed by atoms with Gasteiger partial charge in [0.25, 0.3) is 0 Å². The Hall–Kier alpha value is -1.28. The molecule has 116 valence electrons. The third-order valence-corrected chi connectivity index (χ3v) is 12.9. The molecular formula is C21H23GeSe+. The van der Waals surface area contributed by atoms with E-state index in [1.54, 1.807) is 4.40 Å². The molecule has 3 rings (SSSR count). The van der Waals surface area contributed by atoms with Crippen LogP contribution in [0.3, 0.4) is 0 Å². The van der Waals surface area contributed by atoms with Gasteiger partial charge in [-0.15, -0.1) is 0 Å². The van der Waals surface area contributed by atoms with Crippen molar-refractivity contribution in [2.24, 2.45) is 0 Å². The normalized spacial score (nSPS) is 11.7. The SMILES string of the molecule is [CH3][Ge]([CH3])([CH3])[c]1ccc([Se+](c2ccccc2)c2ccccc2)cc1. The third kappa shape index (κ3) is 3.98. The summed E-state index contributed by atoms with van der Waals surface area (Å²) in [6.45, 7) is 0. The van der Waals surface area contributed by atoms with Crippen molar-refractivity contribution in [1.29, 1.82) is 0 Å². The van der Waals surface area contributed by atoms with E-state index in [1.165, 1.54) is 13.4 Å². The summed E-state index contributed by atoms with van der Waals surface area (Å²) in [5.74, 6) is 7.37. The van der Waals surface area contributed by atoms with Gasteiger partial charge in [0, 0.05) is 0 Å². The van der Waals surface area contributed by atoms with Crippen LogP contribution in [0.1, 0.15) is 0 Å². The predicted octanol–water partition coefficient (Wildman–Crippen LogP) is 2.75. The van der Waals surface area contributed by atoms with Crippen molar-refractivity contribution >= 4 is 44.9 Å². The molecule has 3 aromatic carbocycles. The molecule has 0 N–H and O–H groups in total. The average molecular weight is 427 g/mol. The summed E-state index contributed by atoms with van der Waals surface area (Å²) < 4.78 is 6.03. The van der Waals surface area contributed by atoms with Crippen molar-refractivity contribution in [2.45, 2.75) is 17.3 Å². The fourth-order valence-corrected chi connectivity index (χ4v) is 9.43. The van der Waals surface area contributed by atoms with Gasteiger partial charge in [-0.25, -0.2) is 0 Å². The Bertz CT molecular complexity index is 704. The van der Waals surface area contributed by atoms with Crippen molar-refractivity contribution in [3.63, 3.8) is 0 Å². The van der Waals surface area contributed by atoms with E-state index >= 15 is 0 Å². The van der Waals surface area contributed by atoms with E-state index in [4.69, 9.17) is 0 Å². The first-order chi connectivity index (χ1) is 11.1. The maximum absolute atomic E-state index is 2.46. The van der Waals surface area contributed by atoms with Gasteiger partial charge in [0.2, 0.25) is 0 Å². The number of benzene rings is 3. The van der Waals surface area contributed by atoms with E-state index in [-0.39, 0.29) is 0 Å². The average Bonchev–Trinajstić information content (AvgIpc) is 2.57. The van der Waals surface area contributed by atoms with Crippen LogP contribution in [-0.4, -0.2) is 27.2 Å². The van der Waals surface area contributed by atoms with E-state index in [1.807, 2.05) is 0 Å². The van der Waals surface area contributed by atoms with Crippen LogP contribution in [0.25, 0.3) is 0 Å². The quantitative estimate of drug-likeness (QED) is 0.563. The minimum absolute atomic E-state index is 1.20. The summed E-state index contributed by atoms with van der Waals surface area (Å²) in [4.78, 5) is 0. The molecule has 0 aliphatic heterocycles. The molecule has 0 heterocycles. The molecule has 0 saturated heterocycles. The molecule has 0 amide bonds. The summed E-state index contributed by atoms with van der Waals surface area (Å²) in [5, 5.41) is 0. The van der Waals surface area contributed by atoms with Crippen molar-refractivity contribution in [1.82, 2.24) is 0 Å². The molecule has 0 saturated carbocycles. The number of hydrogen-bond acceptors (Lipinski definition) is 0. The zero-order chi connectivity index (χ0) is 16.3. The Morgan fingerprint density at radius 2 is 0.913 bits per heavy atom. The van der Waals surface area contributed by atoms with Gasteiger partial charge in [-0.2, -0.15) is 0 Å². The van der Waals surface area contributed by atoms with Crippen LogP contribution < -0.4 is 17.8 Å². The van der Waals surface area contributed by atoms with Crippen LogP contribution in [-0.2, 0) is 0 Å². The molecular weight excluding hydrogens is 404 g/mol. The molecule has 23 heavy (non-hydrogen) atoms. The molecule has 0 unspecified atom stereocenters. The van der Waals surface area contributed by atoms with E-state index in [2.05, 4.69) is 102 Å². The molecule has 0 aromatic heterocycles. The second-order valence-corrected chi connectivity index (χ2v) is 21.6. The monoisotopic (exact) mass is 429 g/mol. The summed E-state index contributed by atoms with van der Waals surface area (Å²) in [6.07, 6.45) is 0. The molecule has 0 fully saturated rings. The first-order valence-corrected chi connectivity index (χ1v) is 17.9. The van der Waals surface area contributed by atoms with Gasteiger partial charge in [-0.3, -0.25) is 0 Å². The van der Waals surface area contributed by atoms with Gasteiger partial charge in [-0.1, -0.05) is 0 Å². The fraction of sp³-hybridized carbons (Fsp3) is 0.143. The Kier molecular flexibility index (Phi) is 5.11. The van der Waals surface area contributed by atoms with E-state index in [0.29, 0.717) is 0 Å². The molecule has 0 spiro atoms. The van der Waals surface area contributed by atoms with Crippen LogP contribution in [0.2, 0.25) is 17.3 Å². The molecule has 0 nitrogen and oxygen atoms in total. The summed E-state index contributed by atoms with van der Waals surface area (Å²) in [6, 6.07) is 31.5. The molecule has 2 heteroatoms. The molecule has 0 bridgehead atoms. The van der Waals surface area contributed by atoms with Crippen LogP contribution in [0.4, 0.5) is 0 Å². The van der Waals surface area contributed by atoms with Gasteiger partial charge in [0.1, 0.15) is 0 Å². The van der Waals surface area contributed by atoms with Gasteiger partial charge >= 0.3 is 147 Å². The Labute approximate surface area is 146 Å². The second-order valence-electron chi connectivity index (χ2n) is 6.71. The predicted molar refractivity (Wildman–Crippen MR) is 107 cm³/mol. The molecule has 0 aliphatic carbocycles. The fourth-order valence-electron chi connectivity index (χ4n) is 2.61. The standard InChI is InChI=1S/C21H23GeSe/c1-22(2,3)18-14-16-21(17-15-18)23(19-10-6-4-7-11-19)20-12-8-5-9-13-20/h4-17H,1-3H3/q+1. The van der Waals surface area contributed by atoms with Gasteiger partial charge in [-0.05, 0) is 0 Å². The van der Waals surface area contributed by atoms with Crippen LogP contribution >= 0.6 is 0 Å². The topological polar surface area (TPSA) is 0 Å². The van der Waals surface area contributed by atoms with E-state index < -0.39 is 27.2 Å². The van der Waals surface area contributed by atoms with Gasteiger partial charge < -0.3 is 0 Å². The van der Waals surface area contributed by atoms with Crippen molar-refractivity contribution < 1.29 is 0 Å². The Morgan fingerprint density at radius 3 is 1.30 bits per heavy atom. The second kappa shape index (κ2) is 7.09. The van der Waals surface area contributed by atoms with E-state index in [9.17, 15) is 0 Å². The zero-order valence-corrected chi connectivity index (χ0v) is 17.8. The Balaban J connectivity index is 2.06. The molecule has 0 aliphatic rings. The molecule has 0 radical (unpaired) electrons. The molecule has 0 atom stereocenters. The maximum atomic E-state index is 2.46. The third-order valence-electron chi connectivity index (χ3n) is 3.91. The van der Waals surface area contributed by atoms with Crippen LogP contribution in [0, 0.1) is 0 Å². The summed E-state index contributed by atoms with van der Waals surface area (Å²) >= 11 is -2.93. The summed E-state index contributed by atoms with van der Waals surface area (Å²) in [5.41, 5.74) is 0. The Morgan fingerprint density at radius 1 is 0.522 bits per heavy atom. The van der Waals surface area contributed by atoms with E-state index in [0.717, 1.165) is 0 Å². The summed E-state index contributed by atoms with van der Waals surface area (Å²) in [7, 11) is 0. The van der Waals surface area contributed by atoms with Crippen molar-refractivity contribution in [3.05, 3.63) is 84.9 Å². The van der Waals surface area contributed by atoms with Crippen molar-refractivity contribution in [2.75, 3.05) is 0 Å². The van der Waals surface area contributed by atoms with Gasteiger partial charge in [0.15, 0.2) is 0 Å². The van der Waals surface area contributed by atoms with Crippen molar-refractivity contribution in [3.8, 4) is 0 Å². The molecule has 3 aromatic rings. The van der Waals surface area contributed by atoms with Crippen LogP contribution in [0.15, 0.2) is 84.9 Å². The van der Waals surface area contributed by atoms with Gasteiger partial charge in [0.05, 0.1) is 0 Å². The zero-order valence-electron chi connectivity index (χ0n) is 14.0. The number of rotatable bonds is 4. The van der Waals surface area contributed by atoms with Crippen LogP contribution in [0.5, 0.6) is 0 Å². The first kappa shape index (κ1) is 16.6.